The zero-order valence-electron chi connectivity index (χ0n) is 10.5. The molecule has 0 bridgehead atoms. The molecule has 5 heteroatoms. The molecule has 0 radical (unpaired) electrons. The number of carbonyl (C=O) groups excluding carboxylic acids is 2. The van der Waals surface area contributed by atoms with Crippen LogP contribution in [0.4, 0.5) is 4.79 Å². The minimum absolute atomic E-state index is 0.0450. The molecule has 0 aromatic carbocycles. The van der Waals surface area contributed by atoms with Crippen molar-refractivity contribution < 1.29 is 9.59 Å². The predicted molar refractivity (Wildman–Crippen MR) is 66.1 cm³/mol. The minimum atomic E-state index is -0.393. The molecule has 3 N–H and O–H groups in total. The van der Waals surface area contributed by atoms with Gasteiger partial charge < -0.3 is 5.32 Å². The SMILES string of the molecule is CC(C)NC(=O)NNC(=O)C=C1CCCCC1. The number of carbonyl (C=O) groups is 2. The molecule has 96 valence electrons. The van der Waals surface area contributed by atoms with Gasteiger partial charge in [0.1, 0.15) is 0 Å². The Kier molecular flexibility index (Phi) is 5.52. The quantitative estimate of drug-likeness (QED) is 0.506. The smallest absolute Gasteiger partial charge is 0.333 e. The van der Waals surface area contributed by atoms with E-state index in [0.717, 1.165) is 25.7 Å². The topological polar surface area (TPSA) is 70.2 Å². The molecule has 0 heterocycles. The average molecular weight is 239 g/mol. The maximum Gasteiger partial charge on any atom is 0.333 e. The van der Waals surface area contributed by atoms with Crippen LogP contribution < -0.4 is 16.2 Å². The third kappa shape index (κ3) is 5.94. The van der Waals surface area contributed by atoms with Gasteiger partial charge >= 0.3 is 6.03 Å². The molecule has 0 unspecified atom stereocenters. The van der Waals surface area contributed by atoms with Gasteiger partial charge in [0.25, 0.3) is 5.91 Å². The van der Waals surface area contributed by atoms with Crippen molar-refractivity contribution in [1.29, 1.82) is 0 Å². The second-order valence-corrected chi connectivity index (χ2v) is 4.61. The van der Waals surface area contributed by atoms with Crippen LogP contribution in [-0.4, -0.2) is 18.0 Å². The summed E-state index contributed by atoms with van der Waals surface area (Å²) in [6, 6.07) is -0.348. The molecule has 1 aliphatic carbocycles. The van der Waals surface area contributed by atoms with Crippen LogP contribution in [0.5, 0.6) is 0 Å². The summed E-state index contributed by atoms with van der Waals surface area (Å²) in [6.07, 6.45) is 7.13. The number of allylic oxidation sites excluding steroid dienone is 1. The molecule has 1 fully saturated rings. The molecule has 5 nitrogen and oxygen atoms in total. The number of amides is 3. The third-order valence-electron chi connectivity index (χ3n) is 2.55. The molecule has 0 aliphatic heterocycles. The van der Waals surface area contributed by atoms with Gasteiger partial charge in [0.15, 0.2) is 0 Å². The Hall–Kier alpha value is -1.52. The number of rotatable bonds is 2. The van der Waals surface area contributed by atoms with E-state index >= 15 is 0 Å². The van der Waals surface area contributed by atoms with Crippen molar-refractivity contribution >= 4 is 11.9 Å². The van der Waals surface area contributed by atoms with Crippen LogP contribution in [0.2, 0.25) is 0 Å². The summed E-state index contributed by atoms with van der Waals surface area (Å²) in [7, 11) is 0. The summed E-state index contributed by atoms with van der Waals surface area (Å²) in [5.41, 5.74) is 5.83. The monoisotopic (exact) mass is 239 g/mol. The predicted octanol–water partition coefficient (Wildman–Crippen LogP) is 1.62. The van der Waals surface area contributed by atoms with Gasteiger partial charge in [-0.25, -0.2) is 10.2 Å². The lowest BCUT2D eigenvalue weighted by molar-refractivity contribution is -0.117. The highest BCUT2D eigenvalue weighted by atomic mass is 16.2. The van der Waals surface area contributed by atoms with Crippen LogP contribution in [0.1, 0.15) is 46.0 Å². The van der Waals surface area contributed by atoms with Crippen LogP contribution in [-0.2, 0) is 4.79 Å². The van der Waals surface area contributed by atoms with Crippen LogP contribution in [0.3, 0.4) is 0 Å². The van der Waals surface area contributed by atoms with Crippen LogP contribution in [0.25, 0.3) is 0 Å². The van der Waals surface area contributed by atoms with E-state index in [2.05, 4.69) is 16.2 Å². The molecular weight excluding hydrogens is 218 g/mol. The molecular formula is C12H21N3O2. The molecule has 1 saturated carbocycles. The zero-order chi connectivity index (χ0) is 12.7. The second kappa shape index (κ2) is 6.93. The van der Waals surface area contributed by atoms with Crippen LogP contribution in [0, 0.1) is 0 Å². The second-order valence-electron chi connectivity index (χ2n) is 4.61. The van der Waals surface area contributed by atoms with E-state index in [1.807, 2.05) is 13.8 Å². The highest BCUT2D eigenvalue weighted by Crippen LogP contribution is 2.22. The van der Waals surface area contributed by atoms with E-state index in [0.29, 0.717) is 0 Å². The number of hydrogen-bond donors (Lipinski definition) is 3. The van der Waals surface area contributed by atoms with Gasteiger partial charge in [-0.2, -0.15) is 0 Å². The normalized spacial score (nSPS) is 15.4. The highest BCUT2D eigenvalue weighted by Gasteiger charge is 2.08. The summed E-state index contributed by atoms with van der Waals surface area (Å²) in [5, 5.41) is 2.62. The van der Waals surface area contributed by atoms with E-state index < -0.39 is 6.03 Å². The van der Waals surface area contributed by atoms with Crippen molar-refractivity contribution in [2.45, 2.75) is 52.0 Å². The van der Waals surface area contributed by atoms with E-state index in [1.54, 1.807) is 6.08 Å². The van der Waals surface area contributed by atoms with E-state index in [1.165, 1.54) is 12.0 Å². The lowest BCUT2D eigenvalue weighted by atomic mass is 9.95. The Morgan fingerprint density at radius 3 is 2.35 bits per heavy atom. The number of nitrogens with one attached hydrogen (secondary N) is 3. The molecule has 0 atom stereocenters. The van der Waals surface area contributed by atoms with Crippen molar-refractivity contribution in [2.24, 2.45) is 0 Å². The maximum atomic E-state index is 11.5. The number of urea groups is 1. The molecule has 0 aromatic heterocycles. The average Bonchev–Trinajstić information content (AvgIpc) is 2.27. The first-order valence-corrected chi connectivity index (χ1v) is 6.14. The van der Waals surface area contributed by atoms with Gasteiger partial charge in [-0.1, -0.05) is 12.0 Å². The Bertz CT molecular complexity index is 303. The standard InChI is InChI=1S/C12H21N3O2/c1-9(2)13-12(17)15-14-11(16)8-10-6-4-3-5-7-10/h8-9H,3-7H2,1-2H3,(H,14,16)(H2,13,15,17). The molecule has 0 aromatic rings. The Labute approximate surface area is 102 Å². The highest BCUT2D eigenvalue weighted by molar-refractivity contribution is 5.89. The molecule has 0 saturated heterocycles. The Morgan fingerprint density at radius 2 is 1.76 bits per heavy atom. The summed E-state index contributed by atoms with van der Waals surface area (Å²) in [4.78, 5) is 22.7. The maximum absolute atomic E-state index is 11.5. The fourth-order valence-electron chi connectivity index (χ4n) is 1.79. The van der Waals surface area contributed by atoms with Crippen molar-refractivity contribution in [1.82, 2.24) is 16.2 Å². The summed E-state index contributed by atoms with van der Waals surface area (Å²) < 4.78 is 0. The first-order chi connectivity index (χ1) is 8.08. The third-order valence-corrected chi connectivity index (χ3v) is 2.55. The molecule has 17 heavy (non-hydrogen) atoms. The first kappa shape index (κ1) is 13.5. The Morgan fingerprint density at radius 1 is 1.12 bits per heavy atom. The minimum Gasteiger partial charge on any atom is -0.335 e. The van der Waals surface area contributed by atoms with Crippen molar-refractivity contribution in [3.8, 4) is 0 Å². The zero-order valence-corrected chi connectivity index (χ0v) is 10.5. The van der Waals surface area contributed by atoms with Crippen molar-refractivity contribution in [2.75, 3.05) is 0 Å². The number of hydrogen-bond acceptors (Lipinski definition) is 2. The summed E-state index contributed by atoms with van der Waals surface area (Å²) in [5.74, 6) is -0.263. The van der Waals surface area contributed by atoms with Gasteiger partial charge in [-0.15, -0.1) is 0 Å². The number of hydrazine groups is 1. The first-order valence-electron chi connectivity index (χ1n) is 6.14. The lowest BCUT2D eigenvalue weighted by Gasteiger charge is -2.13. The van der Waals surface area contributed by atoms with E-state index in [-0.39, 0.29) is 11.9 Å². The fraction of sp³-hybridized carbons (Fsp3) is 0.667. The molecule has 3 amide bonds. The molecule has 1 rings (SSSR count). The molecule has 0 spiro atoms. The van der Waals surface area contributed by atoms with Gasteiger partial charge in [-0.05, 0) is 39.5 Å². The van der Waals surface area contributed by atoms with Gasteiger partial charge in [0.05, 0.1) is 0 Å². The van der Waals surface area contributed by atoms with Crippen molar-refractivity contribution in [3.05, 3.63) is 11.6 Å². The Balaban J connectivity index is 2.27. The molecule has 1 aliphatic rings. The van der Waals surface area contributed by atoms with Gasteiger partial charge in [-0.3, -0.25) is 10.2 Å². The van der Waals surface area contributed by atoms with Gasteiger partial charge in [0, 0.05) is 12.1 Å². The lowest BCUT2D eigenvalue weighted by Crippen LogP contribution is -2.48. The largest absolute Gasteiger partial charge is 0.335 e. The fourth-order valence-corrected chi connectivity index (χ4v) is 1.79. The van der Waals surface area contributed by atoms with Crippen LogP contribution in [0.15, 0.2) is 11.6 Å². The van der Waals surface area contributed by atoms with Gasteiger partial charge in [0.2, 0.25) is 0 Å². The summed E-state index contributed by atoms with van der Waals surface area (Å²) >= 11 is 0. The summed E-state index contributed by atoms with van der Waals surface area (Å²) in [6.45, 7) is 3.71. The van der Waals surface area contributed by atoms with E-state index in [4.69, 9.17) is 0 Å². The van der Waals surface area contributed by atoms with Crippen LogP contribution >= 0.6 is 0 Å². The van der Waals surface area contributed by atoms with E-state index in [9.17, 15) is 9.59 Å². The van der Waals surface area contributed by atoms with Crippen molar-refractivity contribution in [3.63, 3.8) is 0 Å².